The van der Waals surface area contributed by atoms with Crippen molar-refractivity contribution in [2.75, 3.05) is 13.6 Å². The molecule has 1 unspecified atom stereocenters. The number of nitrogens with zero attached hydrogens (tertiary/aromatic N) is 3. The molecule has 0 saturated carbocycles. The lowest BCUT2D eigenvalue weighted by atomic mass is 10.0. The summed E-state index contributed by atoms with van der Waals surface area (Å²) >= 11 is 0. The van der Waals surface area contributed by atoms with Gasteiger partial charge in [-0.15, -0.1) is 0 Å². The summed E-state index contributed by atoms with van der Waals surface area (Å²) in [6, 6.07) is 3.83. The lowest BCUT2D eigenvalue weighted by molar-refractivity contribution is -0.132. The molecule has 0 bridgehead atoms. The fraction of sp³-hybridized carbons (Fsp3) is 0.462. The average molecular weight is 264 g/mol. The van der Waals surface area contributed by atoms with Crippen LogP contribution in [0.25, 0.3) is 0 Å². The first-order chi connectivity index (χ1) is 9.10. The van der Waals surface area contributed by atoms with E-state index in [1.165, 1.54) is 0 Å². The fourth-order valence-electron chi connectivity index (χ4n) is 1.80. The molecule has 0 aromatic carbocycles. The average Bonchev–Trinajstić information content (AvgIpc) is 2.46. The number of carbonyl (C=O) groups excluding carboxylic acids is 1. The number of hydrogen-bond acceptors (Lipinski definition) is 4. The van der Waals surface area contributed by atoms with Crippen LogP contribution in [0.15, 0.2) is 29.7 Å². The van der Waals surface area contributed by atoms with Crippen LogP contribution in [0.3, 0.4) is 0 Å². The monoisotopic (exact) mass is 264 g/mol. The van der Waals surface area contributed by atoms with Gasteiger partial charge in [0.25, 0.3) is 0 Å². The Labute approximate surface area is 112 Å². The lowest BCUT2D eigenvalue weighted by Crippen LogP contribution is -2.40. The van der Waals surface area contributed by atoms with Gasteiger partial charge < -0.3 is 15.8 Å². The molecule has 1 amide bonds. The van der Waals surface area contributed by atoms with Crippen LogP contribution in [-0.2, 0) is 11.2 Å². The van der Waals surface area contributed by atoms with Gasteiger partial charge in [-0.25, -0.2) is 0 Å². The number of rotatable bonds is 6. The Morgan fingerprint density at radius 2 is 2.16 bits per heavy atom. The highest BCUT2D eigenvalue weighted by atomic mass is 16.4. The summed E-state index contributed by atoms with van der Waals surface area (Å²) in [4.78, 5) is 17.7. The molecule has 19 heavy (non-hydrogen) atoms. The van der Waals surface area contributed by atoms with Crippen molar-refractivity contribution in [1.82, 2.24) is 9.88 Å². The first kappa shape index (κ1) is 14.9. The zero-order valence-electron chi connectivity index (χ0n) is 11.3. The molecule has 0 radical (unpaired) electrons. The summed E-state index contributed by atoms with van der Waals surface area (Å²) in [7, 11) is 1.72. The highest BCUT2D eigenvalue weighted by Crippen LogP contribution is 2.08. The van der Waals surface area contributed by atoms with Crippen LogP contribution < -0.4 is 5.73 Å². The third-order valence-electron chi connectivity index (χ3n) is 3.04. The van der Waals surface area contributed by atoms with Crippen molar-refractivity contribution < 1.29 is 10.0 Å². The number of likely N-dealkylation sites (N-methyl/N-ethyl adjacent to an activating group) is 1. The molecule has 1 aromatic rings. The molecule has 0 aliphatic carbocycles. The van der Waals surface area contributed by atoms with Gasteiger partial charge in [0.05, 0.1) is 5.92 Å². The van der Waals surface area contributed by atoms with Gasteiger partial charge in [0.1, 0.15) is 0 Å². The van der Waals surface area contributed by atoms with Crippen LogP contribution >= 0.6 is 0 Å². The molecule has 104 valence electrons. The standard InChI is InChI=1S/C13H20N4O2/c1-3-11(12(14)16-19)13(18)17(2)9-6-10-4-7-15-8-5-10/h4-5,7-8,11,19H,3,6,9H2,1-2H3,(H2,14,16). The van der Waals surface area contributed by atoms with Gasteiger partial charge in [0, 0.05) is 26.0 Å². The van der Waals surface area contributed by atoms with Crippen molar-refractivity contribution >= 4 is 11.7 Å². The number of carbonyl (C=O) groups is 1. The summed E-state index contributed by atoms with van der Waals surface area (Å²) in [6.07, 6.45) is 4.70. The van der Waals surface area contributed by atoms with E-state index in [1.54, 1.807) is 24.3 Å². The van der Waals surface area contributed by atoms with E-state index < -0.39 is 5.92 Å². The largest absolute Gasteiger partial charge is 0.409 e. The van der Waals surface area contributed by atoms with Gasteiger partial charge in [-0.1, -0.05) is 12.1 Å². The Bertz CT molecular complexity index is 434. The van der Waals surface area contributed by atoms with Crippen molar-refractivity contribution in [1.29, 1.82) is 0 Å². The molecule has 1 atom stereocenters. The summed E-state index contributed by atoms with van der Waals surface area (Å²) < 4.78 is 0. The normalized spacial score (nSPS) is 13.1. The van der Waals surface area contributed by atoms with Crippen molar-refractivity contribution in [2.45, 2.75) is 19.8 Å². The quantitative estimate of drug-likeness (QED) is 0.345. The summed E-state index contributed by atoms with van der Waals surface area (Å²) in [5.74, 6) is -0.734. The van der Waals surface area contributed by atoms with E-state index in [0.29, 0.717) is 13.0 Å². The smallest absolute Gasteiger partial charge is 0.233 e. The number of oxime groups is 1. The second kappa shape index (κ2) is 7.35. The number of amidine groups is 1. The number of hydrogen-bond donors (Lipinski definition) is 2. The van der Waals surface area contributed by atoms with Crippen LogP contribution in [0.1, 0.15) is 18.9 Å². The van der Waals surface area contributed by atoms with E-state index in [1.807, 2.05) is 19.1 Å². The molecule has 1 aromatic heterocycles. The summed E-state index contributed by atoms with van der Waals surface area (Å²) in [6.45, 7) is 2.41. The van der Waals surface area contributed by atoms with E-state index >= 15 is 0 Å². The molecule has 0 fully saturated rings. The molecule has 3 N–H and O–H groups in total. The van der Waals surface area contributed by atoms with Crippen LogP contribution in [0, 0.1) is 5.92 Å². The van der Waals surface area contributed by atoms with E-state index in [0.717, 1.165) is 12.0 Å². The first-order valence-corrected chi connectivity index (χ1v) is 6.21. The minimum Gasteiger partial charge on any atom is -0.409 e. The predicted octanol–water partition coefficient (Wildman–Crippen LogP) is 0.855. The number of nitrogens with two attached hydrogens (primary N) is 1. The van der Waals surface area contributed by atoms with Gasteiger partial charge in [-0.2, -0.15) is 0 Å². The molecular weight excluding hydrogens is 244 g/mol. The van der Waals surface area contributed by atoms with Gasteiger partial charge in [0.15, 0.2) is 5.84 Å². The van der Waals surface area contributed by atoms with Crippen LogP contribution in [0.2, 0.25) is 0 Å². The zero-order chi connectivity index (χ0) is 14.3. The fourth-order valence-corrected chi connectivity index (χ4v) is 1.80. The van der Waals surface area contributed by atoms with Crippen LogP contribution in [0.5, 0.6) is 0 Å². The van der Waals surface area contributed by atoms with Gasteiger partial charge >= 0.3 is 0 Å². The molecule has 0 saturated heterocycles. The Hall–Kier alpha value is -2.11. The van der Waals surface area contributed by atoms with Gasteiger partial charge in [-0.3, -0.25) is 9.78 Å². The van der Waals surface area contributed by atoms with E-state index in [4.69, 9.17) is 10.9 Å². The highest BCUT2D eigenvalue weighted by Gasteiger charge is 2.24. The van der Waals surface area contributed by atoms with Gasteiger partial charge in [0.2, 0.25) is 5.91 Å². The molecule has 6 heteroatoms. The molecule has 6 nitrogen and oxygen atoms in total. The minimum absolute atomic E-state index is 0.0386. The number of aromatic nitrogens is 1. The number of pyridine rings is 1. The topological polar surface area (TPSA) is 91.8 Å². The first-order valence-electron chi connectivity index (χ1n) is 6.21. The second-order valence-corrected chi connectivity index (χ2v) is 4.35. The maximum absolute atomic E-state index is 12.1. The van der Waals surface area contributed by atoms with Crippen LogP contribution in [0.4, 0.5) is 0 Å². The van der Waals surface area contributed by atoms with E-state index in [-0.39, 0.29) is 11.7 Å². The Morgan fingerprint density at radius 1 is 1.53 bits per heavy atom. The molecular formula is C13H20N4O2. The molecule has 0 aliphatic rings. The zero-order valence-corrected chi connectivity index (χ0v) is 11.3. The molecule has 0 aliphatic heterocycles. The summed E-state index contributed by atoms with van der Waals surface area (Å²) in [5, 5.41) is 11.6. The highest BCUT2D eigenvalue weighted by molar-refractivity contribution is 6.01. The van der Waals surface area contributed by atoms with Crippen molar-refractivity contribution in [3.8, 4) is 0 Å². The Balaban J connectivity index is 2.57. The van der Waals surface area contributed by atoms with Crippen LogP contribution in [-0.4, -0.2) is 40.4 Å². The lowest BCUT2D eigenvalue weighted by Gasteiger charge is -2.22. The van der Waals surface area contributed by atoms with Crippen molar-refractivity contribution in [3.63, 3.8) is 0 Å². The van der Waals surface area contributed by atoms with Gasteiger partial charge in [-0.05, 0) is 30.5 Å². The molecule has 1 rings (SSSR count). The Kier molecular flexibility index (Phi) is 5.78. The molecule has 1 heterocycles. The SMILES string of the molecule is CCC(C(=O)N(C)CCc1ccncc1)C(N)=NO. The second-order valence-electron chi connectivity index (χ2n) is 4.35. The minimum atomic E-state index is -0.563. The third-order valence-corrected chi connectivity index (χ3v) is 3.04. The Morgan fingerprint density at radius 3 is 2.68 bits per heavy atom. The van der Waals surface area contributed by atoms with E-state index in [9.17, 15) is 4.79 Å². The maximum Gasteiger partial charge on any atom is 0.233 e. The van der Waals surface area contributed by atoms with Crippen molar-refractivity contribution in [2.24, 2.45) is 16.8 Å². The van der Waals surface area contributed by atoms with E-state index in [2.05, 4.69) is 10.1 Å². The maximum atomic E-state index is 12.1. The van der Waals surface area contributed by atoms with Crippen molar-refractivity contribution in [3.05, 3.63) is 30.1 Å². The third kappa shape index (κ3) is 4.24. The summed E-state index contributed by atoms with van der Waals surface area (Å²) in [5.41, 5.74) is 6.64. The predicted molar refractivity (Wildman–Crippen MR) is 72.8 cm³/mol. The number of amides is 1. The molecule has 0 spiro atoms.